The number of nitrogens with one attached hydrogen (secondary N) is 1. The average molecular weight is 214 g/mol. The van der Waals surface area contributed by atoms with Gasteiger partial charge in [0.05, 0.1) is 11.8 Å². The van der Waals surface area contributed by atoms with Gasteiger partial charge in [-0.15, -0.1) is 11.6 Å². The minimum absolute atomic E-state index is 0.127. The van der Waals surface area contributed by atoms with E-state index < -0.39 is 0 Å². The van der Waals surface area contributed by atoms with Crippen molar-refractivity contribution in [2.45, 2.75) is 0 Å². The van der Waals surface area contributed by atoms with Gasteiger partial charge in [-0.3, -0.25) is 9.48 Å². The molecule has 0 saturated carbocycles. The minimum Gasteiger partial charge on any atom is -0.348 e. The van der Waals surface area contributed by atoms with Crippen molar-refractivity contribution in [1.82, 2.24) is 15.1 Å². The summed E-state index contributed by atoms with van der Waals surface area (Å²) < 4.78 is 1.59. The summed E-state index contributed by atoms with van der Waals surface area (Å²) in [4.78, 5) is 11.4. The molecule has 14 heavy (non-hydrogen) atoms. The van der Waals surface area contributed by atoms with E-state index in [1.807, 2.05) is 0 Å². The minimum atomic E-state index is -0.127. The number of aromatic nitrogens is 2. The first kappa shape index (κ1) is 10.8. The van der Waals surface area contributed by atoms with Gasteiger partial charge in [0.1, 0.15) is 0 Å². The average Bonchev–Trinajstić information content (AvgIpc) is 2.59. The molecule has 4 nitrogen and oxygen atoms in total. The van der Waals surface area contributed by atoms with Crippen LogP contribution in [0.4, 0.5) is 0 Å². The van der Waals surface area contributed by atoms with E-state index in [-0.39, 0.29) is 5.91 Å². The largest absolute Gasteiger partial charge is 0.348 e. The van der Waals surface area contributed by atoms with Crippen LogP contribution in [-0.4, -0.2) is 28.1 Å². The quantitative estimate of drug-likeness (QED) is 0.598. The monoisotopic (exact) mass is 213 g/mol. The van der Waals surface area contributed by atoms with Gasteiger partial charge in [0.15, 0.2) is 0 Å². The van der Waals surface area contributed by atoms with Crippen LogP contribution in [0.1, 0.15) is 10.4 Å². The SMILES string of the molecule is Cn1cc(C(=O)NC/C=C/CCl)cn1. The Morgan fingerprint density at radius 3 is 3.07 bits per heavy atom. The van der Waals surface area contributed by atoms with E-state index in [1.54, 1.807) is 30.1 Å². The Morgan fingerprint density at radius 2 is 2.50 bits per heavy atom. The third kappa shape index (κ3) is 3.22. The summed E-state index contributed by atoms with van der Waals surface area (Å²) in [6, 6.07) is 0. The highest BCUT2D eigenvalue weighted by atomic mass is 35.5. The number of allylic oxidation sites excluding steroid dienone is 1. The van der Waals surface area contributed by atoms with E-state index in [9.17, 15) is 4.79 Å². The number of aryl methyl sites for hydroxylation is 1. The normalized spacial score (nSPS) is 10.7. The van der Waals surface area contributed by atoms with E-state index in [0.29, 0.717) is 18.0 Å². The first-order valence-corrected chi connectivity index (χ1v) is 4.75. The third-order valence-corrected chi connectivity index (χ3v) is 1.78. The van der Waals surface area contributed by atoms with Crippen molar-refractivity contribution in [3.8, 4) is 0 Å². The first-order chi connectivity index (χ1) is 6.74. The number of rotatable bonds is 4. The lowest BCUT2D eigenvalue weighted by Crippen LogP contribution is -2.22. The maximum absolute atomic E-state index is 11.4. The van der Waals surface area contributed by atoms with Crippen LogP contribution in [0.25, 0.3) is 0 Å². The number of nitrogens with zero attached hydrogens (tertiary/aromatic N) is 2. The van der Waals surface area contributed by atoms with Crippen LogP contribution in [-0.2, 0) is 7.05 Å². The highest BCUT2D eigenvalue weighted by molar-refractivity contribution is 6.18. The summed E-state index contributed by atoms with van der Waals surface area (Å²) in [7, 11) is 1.77. The second kappa shape index (κ2) is 5.44. The number of carbonyl (C=O) groups excluding carboxylic acids is 1. The highest BCUT2D eigenvalue weighted by Crippen LogP contribution is 1.94. The van der Waals surface area contributed by atoms with Crippen molar-refractivity contribution >= 4 is 17.5 Å². The van der Waals surface area contributed by atoms with Crippen LogP contribution in [0.2, 0.25) is 0 Å². The summed E-state index contributed by atoms with van der Waals surface area (Å²) in [5.74, 6) is 0.334. The first-order valence-electron chi connectivity index (χ1n) is 4.22. The van der Waals surface area contributed by atoms with Crippen molar-refractivity contribution in [3.63, 3.8) is 0 Å². The lowest BCUT2D eigenvalue weighted by atomic mass is 10.3. The topological polar surface area (TPSA) is 46.9 Å². The number of hydrogen-bond acceptors (Lipinski definition) is 2. The Kier molecular flexibility index (Phi) is 4.19. The molecule has 0 aliphatic carbocycles. The number of halogens is 1. The smallest absolute Gasteiger partial charge is 0.254 e. The van der Waals surface area contributed by atoms with Crippen LogP contribution in [0.3, 0.4) is 0 Å². The van der Waals surface area contributed by atoms with Gasteiger partial charge in [0.25, 0.3) is 5.91 Å². The summed E-state index contributed by atoms with van der Waals surface area (Å²) in [6.45, 7) is 0.487. The molecule has 0 atom stereocenters. The van der Waals surface area contributed by atoms with Gasteiger partial charge in [0, 0.05) is 25.7 Å². The van der Waals surface area contributed by atoms with E-state index >= 15 is 0 Å². The molecule has 0 aliphatic rings. The van der Waals surface area contributed by atoms with Gasteiger partial charge in [-0.1, -0.05) is 12.2 Å². The number of carbonyl (C=O) groups is 1. The van der Waals surface area contributed by atoms with Crippen molar-refractivity contribution in [1.29, 1.82) is 0 Å². The molecule has 0 saturated heterocycles. The number of amides is 1. The fourth-order valence-corrected chi connectivity index (χ4v) is 1.06. The second-order valence-corrected chi connectivity index (χ2v) is 3.05. The fourth-order valence-electron chi connectivity index (χ4n) is 0.938. The zero-order valence-electron chi connectivity index (χ0n) is 7.90. The molecule has 0 aromatic carbocycles. The van der Waals surface area contributed by atoms with E-state index in [1.165, 1.54) is 6.20 Å². The van der Waals surface area contributed by atoms with Gasteiger partial charge in [-0.05, 0) is 0 Å². The molecule has 1 aromatic heterocycles. The summed E-state index contributed by atoms with van der Waals surface area (Å²) in [5.41, 5.74) is 0.562. The van der Waals surface area contributed by atoms with Crippen LogP contribution >= 0.6 is 11.6 Å². The Balaban J connectivity index is 2.39. The van der Waals surface area contributed by atoms with E-state index in [0.717, 1.165) is 0 Å². The molecule has 1 rings (SSSR count). The van der Waals surface area contributed by atoms with E-state index in [4.69, 9.17) is 11.6 Å². The standard InChI is InChI=1S/C9H12ClN3O/c1-13-7-8(6-12-13)9(14)11-5-3-2-4-10/h2-3,6-7H,4-5H2,1H3,(H,11,14)/b3-2+. The molecule has 5 heteroatoms. The van der Waals surface area contributed by atoms with E-state index in [2.05, 4.69) is 10.4 Å². The van der Waals surface area contributed by atoms with Crippen molar-refractivity contribution < 1.29 is 4.79 Å². The predicted octanol–water partition coefficient (Wildman–Crippen LogP) is 0.945. The lowest BCUT2D eigenvalue weighted by Gasteiger charge is -1.97. The Hall–Kier alpha value is -1.29. The van der Waals surface area contributed by atoms with Gasteiger partial charge in [0.2, 0.25) is 0 Å². The van der Waals surface area contributed by atoms with Crippen LogP contribution in [0.5, 0.6) is 0 Å². The Morgan fingerprint density at radius 1 is 1.71 bits per heavy atom. The van der Waals surface area contributed by atoms with Gasteiger partial charge < -0.3 is 5.32 Å². The summed E-state index contributed by atoms with van der Waals surface area (Å²) in [5, 5.41) is 6.61. The zero-order chi connectivity index (χ0) is 10.4. The fraction of sp³-hybridized carbons (Fsp3) is 0.333. The number of alkyl halides is 1. The molecule has 0 aliphatic heterocycles. The molecule has 0 bridgehead atoms. The van der Waals surface area contributed by atoms with Crippen molar-refractivity contribution in [2.75, 3.05) is 12.4 Å². The zero-order valence-corrected chi connectivity index (χ0v) is 8.66. The van der Waals surface area contributed by atoms with Gasteiger partial charge in [-0.2, -0.15) is 5.10 Å². The van der Waals surface area contributed by atoms with Crippen molar-refractivity contribution in [2.24, 2.45) is 7.05 Å². The predicted molar refractivity (Wildman–Crippen MR) is 55.4 cm³/mol. The maximum Gasteiger partial charge on any atom is 0.254 e. The molecular weight excluding hydrogens is 202 g/mol. The number of hydrogen-bond donors (Lipinski definition) is 1. The molecule has 0 spiro atoms. The maximum atomic E-state index is 11.4. The van der Waals surface area contributed by atoms with Gasteiger partial charge in [-0.25, -0.2) is 0 Å². The third-order valence-electron chi connectivity index (χ3n) is 1.60. The van der Waals surface area contributed by atoms with Crippen LogP contribution in [0.15, 0.2) is 24.5 Å². The molecule has 1 N–H and O–H groups in total. The van der Waals surface area contributed by atoms with Crippen molar-refractivity contribution in [3.05, 3.63) is 30.1 Å². The Labute approximate surface area is 87.6 Å². The second-order valence-electron chi connectivity index (χ2n) is 2.74. The molecule has 0 radical (unpaired) electrons. The molecule has 1 aromatic rings. The Bertz CT molecular complexity index is 333. The molecule has 1 heterocycles. The molecule has 0 unspecified atom stereocenters. The molecule has 0 fully saturated rings. The molecule has 76 valence electrons. The summed E-state index contributed by atoms with van der Waals surface area (Å²) in [6.07, 6.45) is 6.79. The summed E-state index contributed by atoms with van der Waals surface area (Å²) >= 11 is 5.42. The molecular formula is C9H12ClN3O. The van der Waals surface area contributed by atoms with Crippen LogP contribution in [0, 0.1) is 0 Å². The van der Waals surface area contributed by atoms with Gasteiger partial charge >= 0.3 is 0 Å². The lowest BCUT2D eigenvalue weighted by molar-refractivity contribution is 0.0958. The highest BCUT2D eigenvalue weighted by Gasteiger charge is 2.04. The van der Waals surface area contributed by atoms with Crippen LogP contribution < -0.4 is 5.32 Å². The molecule has 1 amide bonds.